The highest BCUT2D eigenvalue weighted by molar-refractivity contribution is 4.86. The Hall–Kier alpha value is -0.120. The number of ether oxygens (including phenoxy) is 1. The third-order valence-corrected chi connectivity index (χ3v) is 4.34. The molecular weight excluding hydrogens is 200 g/mol. The predicted molar refractivity (Wildman–Crippen MR) is 66.4 cm³/mol. The Morgan fingerprint density at radius 2 is 2.25 bits per heavy atom. The molecule has 0 saturated carbocycles. The number of hydrogen-bond donors (Lipinski definition) is 1. The molecular formula is C13H26N2O. The molecule has 2 aliphatic heterocycles. The van der Waals surface area contributed by atoms with Crippen LogP contribution in [0.2, 0.25) is 0 Å². The lowest BCUT2D eigenvalue weighted by molar-refractivity contribution is 0.0609. The van der Waals surface area contributed by atoms with Crippen molar-refractivity contribution in [2.24, 2.45) is 11.7 Å². The van der Waals surface area contributed by atoms with Crippen LogP contribution >= 0.6 is 0 Å². The van der Waals surface area contributed by atoms with E-state index in [0.717, 1.165) is 38.1 Å². The van der Waals surface area contributed by atoms with E-state index in [9.17, 15) is 0 Å². The van der Waals surface area contributed by atoms with Crippen molar-refractivity contribution in [1.29, 1.82) is 0 Å². The van der Waals surface area contributed by atoms with Gasteiger partial charge in [-0.05, 0) is 51.6 Å². The summed E-state index contributed by atoms with van der Waals surface area (Å²) in [5.41, 5.74) is 5.72. The van der Waals surface area contributed by atoms with Crippen LogP contribution in [-0.4, -0.2) is 43.3 Å². The summed E-state index contributed by atoms with van der Waals surface area (Å²) in [6, 6.07) is 1.41. The van der Waals surface area contributed by atoms with E-state index in [4.69, 9.17) is 10.5 Å². The van der Waals surface area contributed by atoms with Crippen LogP contribution in [0.25, 0.3) is 0 Å². The molecule has 0 bridgehead atoms. The summed E-state index contributed by atoms with van der Waals surface area (Å²) < 4.78 is 5.51. The Bertz CT molecular complexity index is 202. The maximum atomic E-state index is 5.72. The fourth-order valence-corrected chi connectivity index (χ4v) is 3.27. The molecule has 2 saturated heterocycles. The summed E-state index contributed by atoms with van der Waals surface area (Å²) in [6.07, 6.45) is 6.49. The van der Waals surface area contributed by atoms with Crippen molar-refractivity contribution in [2.75, 3.05) is 26.3 Å². The summed E-state index contributed by atoms with van der Waals surface area (Å²) in [5, 5.41) is 0. The standard InChI is InChI=1S/C13H26N2O/c1-11(12-6-9-16-10-12)15-8-3-2-4-13(15)5-7-14/h11-13H,2-10,14H2,1H3. The summed E-state index contributed by atoms with van der Waals surface area (Å²) >= 11 is 0. The Morgan fingerprint density at radius 1 is 1.38 bits per heavy atom. The molecule has 0 aromatic rings. The van der Waals surface area contributed by atoms with Crippen molar-refractivity contribution in [2.45, 2.75) is 51.1 Å². The first kappa shape index (κ1) is 12.3. The van der Waals surface area contributed by atoms with Crippen molar-refractivity contribution in [3.8, 4) is 0 Å². The molecule has 0 amide bonds. The molecule has 94 valence electrons. The van der Waals surface area contributed by atoms with Crippen molar-refractivity contribution in [3.63, 3.8) is 0 Å². The van der Waals surface area contributed by atoms with Gasteiger partial charge >= 0.3 is 0 Å². The van der Waals surface area contributed by atoms with E-state index >= 15 is 0 Å². The Morgan fingerprint density at radius 3 is 2.94 bits per heavy atom. The molecule has 16 heavy (non-hydrogen) atoms. The summed E-state index contributed by atoms with van der Waals surface area (Å²) in [4.78, 5) is 2.70. The van der Waals surface area contributed by atoms with Crippen LogP contribution in [0.15, 0.2) is 0 Å². The van der Waals surface area contributed by atoms with Gasteiger partial charge < -0.3 is 10.5 Å². The zero-order valence-corrected chi connectivity index (χ0v) is 10.5. The van der Waals surface area contributed by atoms with E-state index in [1.807, 2.05) is 0 Å². The fraction of sp³-hybridized carbons (Fsp3) is 1.00. The van der Waals surface area contributed by atoms with Gasteiger partial charge in [0.15, 0.2) is 0 Å². The van der Waals surface area contributed by atoms with Crippen LogP contribution in [0.5, 0.6) is 0 Å². The maximum absolute atomic E-state index is 5.72. The lowest BCUT2D eigenvalue weighted by atomic mass is 9.92. The van der Waals surface area contributed by atoms with Gasteiger partial charge in [-0.25, -0.2) is 0 Å². The zero-order valence-electron chi connectivity index (χ0n) is 10.5. The van der Waals surface area contributed by atoms with Gasteiger partial charge in [0, 0.05) is 18.7 Å². The molecule has 2 aliphatic rings. The number of piperidine rings is 1. The first-order valence-electron chi connectivity index (χ1n) is 6.86. The number of nitrogens with zero attached hydrogens (tertiary/aromatic N) is 1. The molecule has 3 unspecified atom stereocenters. The van der Waals surface area contributed by atoms with E-state index < -0.39 is 0 Å². The molecule has 2 N–H and O–H groups in total. The second-order valence-corrected chi connectivity index (χ2v) is 5.33. The van der Waals surface area contributed by atoms with Crippen molar-refractivity contribution in [3.05, 3.63) is 0 Å². The van der Waals surface area contributed by atoms with Gasteiger partial charge in [0.1, 0.15) is 0 Å². The largest absolute Gasteiger partial charge is 0.381 e. The minimum atomic E-state index is 0.680. The smallest absolute Gasteiger partial charge is 0.0509 e. The van der Waals surface area contributed by atoms with Gasteiger partial charge in [0.25, 0.3) is 0 Å². The second kappa shape index (κ2) is 5.99. The van der Waals surface area contributed by atoms with Gasteiger partial charge in [0.05, 0.1) is 6.61 Å². The van der Waals surface area contributed by atoms with Crippen LogP contribution in [0.1, 0.15) is 39.0 Å². The van der Waals surface area contributed by atoms with E-state index in [1.54, 1.807) is 0 Å². The second-order valence-electron chi connectivity index (χ2n) is 5.33. The predicted octanol–water partition coefficient (Wildman–Crippen LogP) is 1.61. The number of hydrogen-bond acceptors (Lipinski definition) is 3. The average Bonchev–Trinajstić information content (AvgIpc) is 2.83. The van der Waals surface area contributed by atoms with Gasteiger partial charge in [-0.1, -0.05) is 6.42 Å². The van der Waals surface area contributed by atoms with Gasteiger partial charge in [-0.15, -0.1) is 0 Å². The quantitative estimate of drug-likeness (QED) is 0.791. The van der Waals surface area contributed by atoms with Crippen LogP contribution in [0.4, 0.5) is 0 Å². The van der Waals surface area contributed by atoms with E-state index in [0.29, 0.717) is 6.04 Å². The third-order valence-electron chi connectivity index (χ3n) is 4.34. The third kappa shape index (κ3) is 2.76. The Balaban J connectivity index is 1.92. The van der Waals surface area contributed by atoms with Crippen molar-refractivity contribution < 1.29 is 4.74 Å². The van der Waals surface area contributed by atoms with Crippen LogP contribution in [-0.2, 0) is 4.74 Å². The van der Waals surface area contributed by atoms with Crippen LogP contribution < -0.4 is 5.73 Å². The van der Waals surface area contributed by atoms with E-state index in [1.165, 1.54) is 32.2 Å². The molecule has 0 spiro atoms. The van der Waals surface area contributed by atoms with Gasteiger partial charge in [-0.2, -0.15) is 0 Å². The van der Waals surface area contributed by atoms with Gasteiger partial charge in [0.2, 0.25) is 0 Å². The Kier molecular flexibility index (Phi) is 4.62. The van der Waals surface area contributed by atoms with Crippen molar-refractivity contribution in [1.82, 2.24) is 4.90 Å². The molecule has 3 atom stereocenters. The van der Waals surface area contributed by atoms with Gasteiger partial charge in [-0.3, -0.25) is 4.90 Å². The number of likely N-dealkylation sites (tertiary alicyclic amines) is 1. The minimum Gasteiger partial charge on any atom is -0.381 e. The normalized spacial score (nSPS) is 34.1. The molecule has 2 fully saturated rings. The summed E-state index contributed by atoms with van der Waals surface area (Å²) in [7, 11) is 0. The molecule has 0 aromatic heterocycles. The van der Waals surface area contributed by atoms with E-state index in [-0.39, 0.29) is 0 Å². The molecule has 0 radical (unpaired) electrons. The average molecular weight is 226 g/mol. The molecule has 3 nitrogen and oxygen atoms in total. The lowest BCUT2D eigenvalue weighted by Gasteiger charge is -2.42. The monoisotopic (exact) mass is 226 g/mol. The van der Waals surface area contributed by atoms with E-state index in [2.05, 4.69) is 11.8 Å². The summed E-state index contributed by atoms with van der Waals surface area (Å²) in [5.74, 6) is 0.748. The molecule has 2 heterocycles. The first-order valence-corrected chi connectivity index (χ1v) is 6.86. The highest BCUT2D eigenvalue weighted by Crippen LogP contribution is 2.28. The highest BCUT2D eigenvalue weighted by atomic mass is 16.5. The fourth-order valence-electron chi connectivity index (χ4n) is 3.27. The van der Waals surface area contributed by atoms with Crippen LogP contribution in [0, 0.1) is 5.92 Å². The first-order chi connectivity index (χ1) is 7.83. The minimum absolute atomic E-state index is 0.680. The summed E-state index contributed by atoms with van der Waals surface area (Å²) in [6.45, 7) is 6.41. The van der Waals surface area contributed by atoms with Crippen LogP contribution in [0.3, 0.4) is 0 Å². The topological polar surface area (TPSA) is 38.5 Å². The number of rotatable bonds is 4. The molecule has 0 aromatic carbocycles. The number of nitrogens with two attached hydrogens (primary N) is 1. The van der Waals surface area contributed by atoms with Crippen molar-refractivity contribution >= 4 is 0 Å². The SMILES string of the molecule is CC(C1CCOC1)N1CCCCC1CCN. The highest BCUT2D eigenvalue weighted by Gasteiger charge is 2.32. The zero-order chi connectivity index (χ0) is 11.4. The Labute approximate surface area is 99.3 Å². The lowest BCUT2D eigenvalue weighted by Crippen LogP contribution is -2.48. The molecule has 3 heteroatoms. The molecule has 2 rings (SSSR count). The maximum Gasteiger partial charge on any atom is 0.0509 e. The molecule has 0 aliphatic carbocycles.